The Bertz CT molecular complexity index is 631. The molecular formula is C16H16Cl3NO. The highest BCUT2D eigenvalue weighted by Crippen LogP contribution is 2.34. The summed E-state index contributed by atoms with van der Waals surface area (Å²) >= 11 is 18.3. The summed E-state index contributed by atoms with van der Waals surface area (Å²) in [4.78, 5) is 0. The van der Waals surface area contributed by atoms with Gasteiger partial charge in [0, 0.05) is 22.2 Å². The molecular weight excluding hydrogens is 329 g/mol. The Labute approximate surface area is 140 Å². The topological polar surface area (TPSA) is 21.3 Å². The van der Waals surface area contributed by atoms with Crippen LogP contribution < -0.4 is 10.1 Å². The molecule has 0 aliphatic carbocycles. The Morgan fingerprint density at radius 2 is 1.81 bits per heavy atom. The van der Waals surface area contributed by atoms with Crippen LogP contribution in [0.15, 0.2) is 36.4 Å². The molecule has 2 aromatic rings. The molecule has 5 heteroatoms. The highest BCUT2D eigenvalue weighted by atomic mass is 35.5. The first-order valence-electron chi connectivity index (χ1n) is 6.67. The number of hydrogen-bond donors (Lipinski definition) is 1. The zero-order chi connectivity index (χ0) is 15.4. The van der Waals surface area contributed by atoms with Crippen molar-refractivity contribution >= 4 is 34.8 Å². The van der Waals surface area contributed by atoms with E-state index in [1.54, 1.807) is 24.3 Å². The van der Waals surface area contributed by atoms with Crippen LogP contribution in [0.3, 0.4) is 0 Å². The van der Waals surface area contributed by atoms with Crippen molar-refractivity contribution in [1.82, 2.24) is 5.32 Å². The van der Waals surface area contributed by atoms with Crippen molar-refractivity contribution in [2.24, 2.45) is 0 Å². The second kappa shape index (κ2) is 7.37. The molecule has 112 valence electrons. The molecule has 0 spiro atoms. The van der Waals surface area contributed by atoms with Gasteiger partial charge in [0.2, 0.25) is 0 Å². The predicted molar refractivity (Wildman–Crippen MR) is 90.1 cm³/mol. The van der Waals surface area contributed by atoms with Crippen LogP contribution in [-0.4, -0.2) is 6.54 Å². The fourth-order valence-corrected chi connectivity index (χ4v) is 2.67. The summed E-state index contributed by atoms with van der Waals surface area (Å²) < 4.78 is 5.74. The molecule has 2 aromatic carbocycles. The number of hydrogen-bond acceptors (Lipinski definition) is 2. The number of ether oxygens (including phenoxy) is 1. The van der Waals surface area contributed by atoms with Crippen LogP contribution in [0.2, 0.25) is 15.1 Å². The van der Waals surface area contributed by atoms with E-state index in [1.165, 1.54) is 0 Å². The van der Waals surface area contributed by atoms with Crippen molar-refractivity contribution in [2.45, 2.75) is 19.9 Å². The third-order valence-electron chi connectivity index (χ3n) is 3.07. The zero-order valence-electron chi connectivity index (χ0n) is 11.8. The molecule has 1 N–H and O–H groups in total. The van der Waals surface area contributed by atoms with E-state index in [-0.39, 0.29) is 6.04 Å². The Balaban J connectivity index is 2.22. The Hall–Kier alpha value is -0.930. The van der Waals surface area contributed by atoms with Gasteiger partial charge >= 0.3 is 0 Å². The van der Waals surface area contributed by atoms with Crippen LogP contribution in [0.5, 0.6) is 11.5 Å². The van der Waals surface area contributed by atoms with Crippen molar-refractivity contribution in [3.63, 3.8) is 0 Å². The quantitative estimate of drug-likeness (QED) is 0.706. The second-order valence-electron chi connectivity index (χ2n) is 4.64. The molecule has 1 unspecified atom stereocenters. The molecule has 21 heavy (non-hydrogen) atoms. The van der Waals surface area contributed by atoms with Gasteiger partial charge in [0.25, 0.3) is 0 Å². The fraction of sp³-hybridized carbons (Fsp3) is 0.250. The molecule has 2 rings (SSSR count). The number of halogens is 3. The van der Waals surface area contributed by atoms with Gasteiger partial charge in [-0.2, -0.15) is 0 Å². The number of nitrogens with one attached hydrogen (secondary N) is 1. The largest absolute Gasteiger partial charge is 0.456 e. The summed E-state index contributed by atoms with van der Waals surface area (Å²) in [5.74, 6) is 1.13. The molecule has 0 radical (unpaired) electrons. The molecule has 0 aliphatic rings. The van der Waals surface area contributed by atoms with Crippen LogP contribution in [0, 0.1) is 0 Å². The van der Waals surface area contributed by atoms with E-state index < -0.39 is 0 Å². The highest BCUT2D eigenvalue weighted by molar-refractivity contribution is 6.34. The van der Waals surface area contributed by atoms with E-state index in [2.05, 4.69) is 19.2 Å². The summed E-state index contributed by atoms with van der Waals surface area (Å²) in [6.45, 7) is 5.01. The molecule has 0 aromatic heterocycles. The summed E-state index contributed by atoms with van der Waals surface area (Å²) in [5, 5.41) is 5.04. The van der Waals surface area contributed by atoms with E-state index >= 15 is 0 Å². The van der Waals surface area contributed by atoms with E-state index in [4.69, 9.17) is 39.5 Å². The second-order valence-corrected chi connectivity index (χ2v) is 5.89. The fourth-order valence-electron chi connectivity index (χ4n) is 2.02. The monoisotopic (exact) mass is 343 g/mol. The van der Waals surface area contributed by atoms with Gasteiger partial charge in [-0.25, -0.2) is 0 Å². The maximum absolute atomic E-state index is 6.32. The van der Waals surface area contributed by atoms with Crippen LogP contribution in [-0.2, 0) is 0 Å². The van der Waals surface area contributed by atoms with Gasteiger partial charge < -0.3 is 10.1 Å². The van der Waals surface area contributed by atoms with E-state index in [9.17, 15) is 0 Å². The van der Waals surface area contributed by atoms with Crippen molar-refractivity contribution in [3.05, 3.63) is 57.0 Å². The molecule has 0 amide bonds. The first-order valence-corrected chi connectivity index (χ1v) is 7.80. The molecule has 0 saturated heterocycles. The first-order chi connectivity index (χ1) is 10.0. The molecule has 0 fully saturated rings. The van der Waals surface area contributed by atoms with Gasteiger partial charge in [0.05, 0.1) is 5.02 Å². The third kappa shape index (κ3) is 4.27. The maximum Gasteiger partial charge on any atom is 0.147 e. The molecule has 0 bridgehead atoms. The van der Waals surface area contributed by atoms with Crippen molar-refractivity contribution < 1.29 is 4.74 Å². The molecule has 0 aliphatic heterocycles. The standard InChI is InChI=1S/C16H16Cl3NO/c1-3-20-10(2)13-6-5-12(9-15(13)19)21-16-8-11(17)4-7-14(16)18/h4-10,20H,3H2,1-2H3. The van der Waals surface area contributed by atoms with Crippen molar-refractivity contribution in [2.75, 3.05) is 6.54 Å². The number of rotatable bonds is 5. The minimum atomic E-state index is 0.186. The zero-order valence-corrected chi connectivity index (χ0v) is 14.1. The van der Waals surface area contributed by atoms with Gasteiger partial charge in [-0.15, -0.1) is 0 Å². The van der Waals surface area contributed by atoms with Crippen LogP contribution in [0.1, 0.15) is 25.5 Å². The minimum absolute atomic E-state index is 0.186. The first kappa shape index (κ1) is 16.4. The average Bonchev–Trinajstić information content (AvgIpc) is 2.43. The summed E-state index contributed by atoms with van der Waals surface area (Å²) in [6, 6.07) is 10.9. The summed E-state index contributed by atoms with van der Waals surface area (Å²) in [5.41, 5.74) is 1.03. The van der Waals surface area contributed by atoms with Crippen LogP contribution in [0.25, 0.3) is 0 Å². The highest BCUT2D eigenvalue weighted by Gasteiger charge is 2.11. The van der Waals surface area contributed by atoms with E-state index in [1.807, 2.05) is 12.1 Å². The Morgan fingerprint density at radius 1 is 1.05 bits per heavy atom. The smallest absolute Gasteiger partial charge is 0.147 e. The van der Waals surface area contributed by atoms with Gasteiger partial charge in [-0.05, 0) is 43.3 Å². The lowest BCUT2D eigenvalue weighted by Crippen LogP contribution is -2.17. The third-order valence-corrected chi connectivity index (χ3v) is 3.94. The van der Waals surface area contributed by atoms with Crippen LogP contribution >= 0.6 is 34.8 Å². The van der Waals surface area contributed by atoms with Gasteiger partial charge in [-0.1, -0.05) is 47.8 Å². The maximum atomic E-state index is 6.32. The Kier molecular flexibility index (Phi) is 5.77. The number of benzene rings is 2. The lowest BCUT2D eigenvalue weighted by atomic mass is 10.1. The van der Waals surface area contributed by atoms with E-state index in [0.29, 0.717) is 26.6 Å². The lowest BCUT2D eigenvalue weighted by molar-refractivity contribution is 0.482. The van der Waals surface area contributed by atoms with Crippen LogP contribution in [0.4, 0.5) is 0 Å². The summed E-state index contributed by atoms with van der Waals surface area (Å²) in [6.07, 6.45) is 0. The van der Waals surface area contributed by atoms with Gasteiger partial charge in [-0.3, -0.25) is 0 Å². The molecule has 0 heterocycles. The predicted octanol–water partition coefficient (Wildman–Crippen LogP) is 6.11. The Morgan fingerprint density at radius 3 is 2.48 bits per heavy atom. The summed E-state index contributed by atoms with van der Waals surface area (Å²) in [7, 11) is 0. The molecule has 0 saturated carbocycles. The molecule has 2 nitrogen and oxygen atoms in total. The average molecular weight is 345 g/mol. The van der Waals surface area contributed by atoms with E-state index in [0.717, 1.165) is 12.1 Å². The van der Waals surface area contributed by atoms with Gasteiger partial charge in [0.15, 0.2) is 0 Å². The van der Waals surface area contributed by atoms with Crippen molar-refractivity contribution in [3.8, 4) is 11.5 Å². The lowest BCUT2D eigenvalue weighted by Gasteiger charge is -2.15. The minimum Gasteiger partial charge on any atom is -0.456 e. The molecule has 1 atom stereocenters. The normalized spacial score (nSPS) is 12.2. The van der Waals surface area contributed by atoms with Gasteiger partial charge in [0.1, 0.15) is 11.5 Å². The SMILES string of the molecule is CCNC(C)c1ccc(Oc2cc(Cl)ccc2Cl)cc1Cl. The van der Waals surface area contributed by atoms with Crippen molar-refractivity contribution in [1.29, 1.82) is 0 Å².